The van der Waals surface area contributed by atoms with Crippen LogP contribution < -0.4 is 15.1 Å². The number of ether oxygens (including phenoxy) is 2. The van der Waals surface area contributed by atoms with Gasteiger partial charge >= 0.3 is 0 Å². The van der Waals surface area contributed by atoms with Gasteiger partial charge in [0.05, 0.1) is 32.1 Å². The lowest BCUT2D eigenvalue weighted by molar-refractivity contribution is 0.102. The number of hydrogen-bond acceptors (Lipinski definition) is 7. The van der Waals surface area contributed by atoms with Gasteiger partial charge in [0.2, 0.25) is 0 Å². The smallest absolute Gasteiger partial charge is 0.274 e. The van der Waals surface area contributed by atoms with Crippen molar-refractivity contribution < 1.29 is 14.3 Å². The molecule has 2 aliphatic heterocycles. The number of pyridine rings is 2. The first-order valence-corrected chi connectivity index (χ1v) is 11.3. The topological polar surface area (TPSA) is 79.8 Å². The highest BCUT2D eigenvalue weighted by molar-refractivity contribution is 6.03. The van der Waals surface area contributed by atoms with Crippen LogP contribution in [0.4, 0.5) is 17.2 Å². The third kappa shape index (κ3) is 5.13. The number of nitrogens with one attached hydrogen (secondary N) is 1. The molecular weight excluding hydrogens is 418 g/mol. The van der Waals surface area contributed by atoms with Gasteiger partial charge in [0, 0.05) is 49.3 Å². The summed E-state index contributed by atoms with van der Waals surface area (Å²) in [5, 5.41) is 2.94. The van der Waals surface area contributed by atoms with Gasteiger partial charge in [-0.25, -0.2) is 9.97 Å². The molecule has 1 aromatic carbocycles. The van der Waals surface area contributed by atoms with Crippen molar-refractivity contribution in [1.82, 2.24) is 9.97 Å². The van der Waals surface area contributed by atoms with Gasteiger partial charge in [-0.1, -0.05) is 6.07 Å². The van der Waals surface area contributed by atoms with Gasteiger partial charge < -0.3 is 24.6 Å². The van der Waals surface area contributed by atoms with Crippen LogP contribution in [0.5, 0.6) is 0 Å². The summed E-state index contributed by atoms with van der Waals surface area (Å²) in [6.45, 7) is 6.37. The second-order valence-corrected chi connectivity index (χ2v) is 8.01. The molecular formula is C25H27N5O3. The zero-order valence-electron chi connectivity index (χ0n) is 18.4. The standard InChI is InChI=1S/C25H27N5O3/c31-25(27-20-5-7-21(8-6-20)29-10-14-32-15-11-29)23-3-1-2-22(28-23)19-4-9-24(26-18-19)30-12-16-33-17-13-30/h1-9,18H,10-17H2,(H,27,31). The van der Waals surface area contributed by atoms with E-state index >= 15 is 0 Å². The average molecular weight is 446 g/mol. The number of carbonyl (C=O) groups is 1. The summed E-state index contributed by atoms with van der Waals surface area (Å²) >= 11 is 0. The Morgan fingerprint density at radius 1 is 0.818 bits per heavy atom. The molecule has 1 N–H and O–H groups in total. The minimum Gasteiger partial charge on any atom is -0.378 e. The van der Waals surface area contributed by atoms with Crippen LogP contribution >= 0.6 is 0 Å². The molecule has 0 bridgehead atoms. The molecule has 8 nitrogen and oxygen atoms in total. The average Bonchev–Trinajstić information content (AvgIpc) is 2.90. The molecule has 33 heavy (non-hydrogen) atoms. The second kappa shape index (κ2) is 9.97. The molecule has 2 fully saturated rings. The summed E-state index contributed by atoms with van der Waals surface area (Å²) in [6.07, 6.45) is 1.80. The third-order valence-electron chi connectivity index (χ3n) is 5.86. The van der Waals surface area contributed by atoms with Gasteiger partial charge in [-0.3, -0.25) is 4.79 Å². The van der Waals surface area contributed by atoms with Gasteiger partial charge in [0.25, 0.3) is 5.91 Å². The zero-order chi connectivity index (χ0) is 22.5. The van der Waals surface area contributed by atoms with Gasteiger partial charge in [-0.05, 0) is 48.5 Å². The molecule has 0 atom stereocenters. The molecule has 0 saturated carbocycles. The molecule has 1 amide bonds. The highest BCUT2D eigenvalue weighted by Gasteiger charge is 2.14. The fraction of sp³-hybridized carbons (Fsp3) is 0.320. The lowest BCUT2D eigenvalue weighted by Gasteiger charge is -2.28. The molecule has 0 aliphatic carbocycles. The SMILES string of the molecule is O=C(Nc1ccc(N2CCOCC2)cc1)c1cccc(-c2ccc(N3CCOCC3)nc2)n1. The van der Waals surface area contributed by atoms with E-state index in [1.807, 2.05) is 48.5 Å². The second-order valence-electron chi connectivity index (χ2n) is 8.01. The Morgan fingerprint density at radius 2 is 1.52 bits per heavy atom. The summed E-state index contributed by atoms with van der Waals surface area (Å²) in [5.41, 5.74) is 3.81. The Balaban J connectivity index is 1.25. The fourth-order valence-electron chi connectivity index (χ4n) is 4.01. The Hall–Kier alpha value is -3.49. The molecule has 5 rings (SSSR count). The van der Waals surface area contributed by atoms with E-state index < -0.39 is 0 Å². The molecule has 2 aliphatic rings. The number of morpholine rings is 2. The minimum absolute atomic E-state index is 0.242. The lowest BCUT2D eigenvalue weighted by Crippen LogP contribution is -2.36. The summed E-state index contributed by atoms with van der Waals surface area (Å²) in [6, 6.07) is 17.3. The Labute approximate surface area is 193 Å². The predicted octanol–water partition coefficient (Wildman–Crippen LogP) is 3.07. The molecule has 2 saturated heterocycles. The molecule has 0 unspecified atom stereocenters. The molecule has 2 aromatic heterocycles. The van der Waals surface area contributed by atoms with E-state index in [0.717, 1.165) is 75.4 Å². The van der Waals surface area contributed by atoms with Crippen LogP contribution in [0.2, 0.25) is 0 Å². The van der Waals surface area contributed by atoms with Crippen molar-refractivity contribution in [3.63, 3.8) is 0 Å². The Bertz CT molecular complexity index is 1080. The van der Waals surface area contributed by atoms with Crippen LogP contribution in [0.3, 0.4) is 0 Å². The highest BCUT2D eigenvalue weighted by Crippen LogP contribution is 2.22. The number of nitrogens with zero attached hydrogens (tertiary/aromatic N) is 4. The van der Waals surface area contributed by atoms with Crippen LogP contribution in [-0.4, -0.2) is 68.5 Å². The van der Waals surface area contributed by atoms with Crippen LogP contribution in [0.1, 0.15) is 10.5 Å². The summed E-state index contributed by atoms with van der Waals surface area (Å²) < 4.78 is 10.8. The maximum Gasteiger partial charge on any atom is 0.274 e. The first-order valence-electron chi connectivity index (χ1n) is 11.3. The molecule has 3 aromatic rings. The summed E-state index contributed by atoms with van der Waals surface area (Å²) in [7, 11) is 0. The van der Waals surface area contributed by atoms with Crippen molar-refractivity contribution in [3.05, 3.63) is 66.5 Å². The maximum atomic E-state index is 12.8. The number of carbonyl (C=O) groups excluding carboxylic acids is 1. The Kier molecular flexibility index (Phi) is 6.46. The van der Waals surface area contributed by atoms with E-state index in [4.69, 9.17) is 9.47 Å². The maximum absolute atomic E-state index is 12.8. The van der Waals surface area contributed by atoms with Gasteiger partial charge in [-0.15, -0.1) is 0 Å². The molecule has 170 valence electrons. The van der Waals surface area contributed by atoms with E-state index in [1.165, 1.54) is 0 Å². The van der Waals surface area contributed by atoms with Crippen molar-refractivity contribution in [2.75, 3.05) is 67.7 Å². The van der Waals surface area contributed by atoms with Crippen molar-refractivity contribution in [1.29, 1.82) is 0 Å². The van der Waals surface area contributed by atoms with Gasteiger partial charge in [0.15, 0.2) is 0 Å². The van der Waals surface area contributed by atoms with Crippen LogP contribution in [0.25, 0.3) is 11.3 Å². The number of anilines is 3. The van der Waals surface area contributed by atoms with Crippen LogP contribution in [0, 0.1) is 0 Å². The molecule has 8 heteroatoms. The van der Waals surface area contributed by atoms with Crippen molar-refractivity contribution in [2.24, 2.45) is 0 Å². The van der Waals surface area contributed by atoms with Crippen molar-refractivity contribution in [2.45, 2.75) is 0 Å². The number of benzene rings is 1. The minimum atomic E-state index is -0.242. The number of hydrogen-bond donors (Lipinski definition) is 1. The number of amides is 1. The predicted molar refractivity (Wildman–Crippen MR) is 128 cm³/mol. The zero-order valence-corrected chi connectivity index (χ0v) is 18.4. The van der Waals surface area contributed by atoms with E-state index in [-0.39, 0.29) is 5.91 Å². The normalized spacial score (nSPS) is 16.5. The third-order valence-corrected chi connectivity index (χ3v) is 5.86. The van der Waals surface area contributed by atoms with Crippen molar-refractivity contribution >= 4 is 23.1 Å². The molecule has 0 radical (unpaired) electrons. The van der Waals surface area contributed by atoms with E-state index in [0.29, 0.717) is 11.4 Å². The fourth-order valence-corrected chi connectivity index (χ4v) is 4.01. The summed E-state index contributed by atoms with van der Waals surface area (Å²) in [4.78, 5) is 26.4. The first-order chi connectivity index (χ1) is 16.3. The first kappa shape index (κ1) is 21.4. The van der Waals surface area contributed by atoms with E-state index in [9.17, 15) is 4.79 Å². The van der Waals surface area contributed by atoms with E-state index in [1.54, 1.807) is 12.3 Å². The summed E-state index contributed by atoms with van der Waals surface area (Å²) in [5.74, 6) is 0.686. The van der Waals surface area contributed by atoms with Gasteiger partial charge in [-0.2, -0.15) is 0 Å². The highest BCUT2D eigenvalue weighted by atomic mass is 16.5. The number of aromatic nitrogens is 2. The van der Waals surface area contributed by atoms with Crippen molar-refractivity contribution in [3.8, 4) is 11.3 Å². The molecule has 4 heterocycles. The quantitative estimate of drug-likeness (QED) is 0.647. The number of rotatable bonds is 5. The lowest BCUT2D eigenvalue weighted by atomic mass is 10.1. The monoisotopic (exact) mass is 445 g/mol. The Morgan fingerprint density at radius 3 is 2.18 bits per heavy atom. The van der Waals surface area contributed by atoms with Crippen LogP contribution in [0.15, 0.2) is 60.8 Å². The van der Waals surface area contributed by atoms with Crippen LogP contribution in [-0.2, 0) is 9.47 Å². The molecule has 0 spiro atoms. The van der Waals surface area contributed by atoms with E-state index in [2.05, 4.69) is 25.1 Å². The van der Waals surface area contributed by atoms with Gasteiger partial charge in [0.1, 0.15) is 11.5 Å². The largest absolute Gasteiger partial charge is 0.378 e.